The quantitative estimate of drug-likeness (QED) is 0.302. The van der Waals surface area contributed by atoms with Gasteiger partial charge in [-0.25, -0.2) is 0 Å². The first kappa shape index (κ1) is 24.4. The Morgan fingerprint density at radius 2 is 1.50 bits per heavy atom. The molecule has 0 aliphatic carbocycles. The number of ether oxygens (including phenoxy) is 1. The van der Waals surface area contributed by atoms with Crippen LogP contribution in [0.1, 0.15) is 100 Å². The maximum atomic E-state index is 12.4. The van der Waals surface area contributed by atoms with Crippen LogP contribution in [0.4, 0.5) is 0 Å². The molecule has 0 aliphatic heterocycles. The van der Waals surface area contributed by atoms with Gasteiger partial charge >= 0.3 is 0 Å². The van der Waals surface area contributed by atoms with Gasteiger partial charge < -0.3 is 9.84 Å². The van der Waals surface area contributed by atoms with E-state index in [1.54, 1.807) is 6.92 Å². The summed E-state index contributed by atoms with van der Waals surface area (Å²) in [7, 11) is 0. The fraction of sp³-hybridized carbons (Fsp3) is 0.739. The molecule has 1 N–H and O–H groups in total. The van der Waals surface area contributed by atoms with Crippen LogP contribution in [-0.4, -0.2) is 28.7 Å². The molecule has 0 aromatic carbocycles. The minimum absolute atomic E-state index is 0.0952. The summed E-state index contributed by atoms with van der Waals surface area (Å²) in [6, 6.07) is 1.48. The van der Waals surface area contributed by atoms with Gasteiger partial charge in [0.15, 0.2) is 11.7 Å². The molecule has 0 saturated heterocycles. The van der Waals surface area contributed by atoms with E-state index in [9.17, 15) is 14.7 Å². The third-order valence-corrected chi connectivity index (χ3v) is 5.14. The van der Waals surface area contributed by atoms with Crippen LogP contribution in [0.5, 0.6) is 5.88 Å². The Morgan fingerprint density at radius 1 is 0.964 bits per heavy atom. The molecule has 0 saturated carbocycles. The Labute approximate surface area is 170 Å². The van der Waals surface area contributed by atoms with E-state index in [2.05, 4.69) is 6.92 Å². The molecule has 5 heteroatoms. The number of rotatable bonds is 16. The summed E-state index contributed by atoms with van der Waals surface area (Å²) >= 11 is 0. The van der Waals surface area contributed by atoms with E-state index in [-0.39, 0.29) is 17.2 Å². The van der Waals surface area contributed by atoms with Crippen molar-refractivity contribution in [2.45, 2.75) is 97.9 Å². The summed E-state index contributed by atoms with van der Waals surface area (Å²) < 4.78 is 6.90. The van der Waals surface area contributed by atoms with E-state index in [4.69, 9.17) is 4.74 Å². The van der Waals surface area contributed by atoms with Gasteiger partial charge in [-0.3, -0.25) is 14.2 Å². The van der Waals surface area contributed by atoms with Gasteiger partial charge in [0.2, 0.25) is 0 Å². The number of unbranched alkanes of at least 4 members (excludes halogenated alkanes) is 9. The van der Waals surface area contributed by atoms with Gasteiger partial charge in [-0.1, -0.05) is 64.7 Å². The first-order chi connectivity index (χ1) is 13.5. The van der Waals surface area contributed by atoms with Crippen LogP contribution in [0, 0.1) is 6.92 Å². The summed E-state index contributed by atoms with van der Waals surface area (Å²) in [5.74, 6) is -0.365. The zero-order valence-corrected chi connectivity index (χ0v) is 18.1. The molecule has 0 unspecified atom stereocenters. The van der Waals surface area contributed by atoms with Crippen LogP contribution in [-0.2, 0) is 11.3 Å². The Bertz CT molecular complexity index is 636. The molecular formula is C23H39NO4. The second-order valence-corrected chi connectivity index (χ2v) is 7.72. The van der Waals surface area contributed by atoms with E-state index in [1.165, 1.54) is 75.3 Å². The third-order valence-electron chi connectivity index (χ3n) is 5.14. The fourth-order valence-electron chi connectivity index (χ4n) is 3.51. The minimum Gasteiger partial charge on any atom is -0.494 e. The van der Waals surface area contributed by atoms with Gasteiger partial charge in [-0.15, -0.1) is 0 Å². The van der Waals surface area contributed by atoms with Crippen molar-refractivity contribution in [2.75, 3.05) is 13.2 Å². The van der Waals surface area contributed by atoms with Crippen molar-refractivity contribution in [1.29, 1.82) is 0 Å². The zero-order chi connectivity index (χ0) is 20.8. The number of pyridine rings is 1. The topological polar surface area (TPSA) is 68.5 Å². The highest BCUT2D eigenvalue weighted by Gasteiger charge is 2.15. The summed E-state index contributed by atoms with van der Waals surface area (Å²) in [4.78, 5) is 24.0. The largest absolute Gasteiger partial charge is 0.494 e. The van der Waals surface area contributed by atoms with Crippen LogP contribution in [0.2, 0.25) is 0 Å². The zero-order valence-electron chi connectivity index (χ0n) is 18.1. The predicted molar refractivity (Wildman–Crippen MR) is 114 cm³/mol. The lowest BCUT2D eigenvalue weighted by Gasteiger charge is -2.12. The van der Waals surface area contributed by atoms with Gasteiger partial charge in [-0.05, 0) is 32.3 Å². The van der Waals surface area contributed by atoms with E-state index in [0.29, 0.717) is 25.1 Å². The molecule has 0 spiro atoms. The fourth-order valence-corrected chi connectivity index (χ4v) is 3.51. The van der Waals surface area contributed by atoms with Crippen molar-refractivity contribution < 1.29 is 14.6 Å². The van der Waals surface area contributed by atoms with Crippen LogP contribution in [0.25, 0.3) is 0 Å². The molecule has 0 bridgehead atoms. The van der Waals surface area contributed by atoms with E-state index in [0.717, 1.165) is 13.0 Å². The van der Waals surface area contributed by atoms with Crippen molar-refractivity contribution in [3.63, 3.8) is 0 Å². The maximum Gasteiger partial charge on any atom is 0.264 e. The van der Waals surface area contributed by atoms with Crippen LogP contribution in [0.15, 0.2) is 10.9 Å². The highest BCUT2D eigenvalue weighted by molar-refractivity contribution is 5.95. The normalized spacial score (nSPS) is 11.1. The van der Waals surface area contributed by atoms with Crippen molar-refractivity contribution >= 4 is 5.78 Å². The molecule has 28 heavy (non-hydrogen) atoms. The number of carbonyl (C=O) groups is 1. The maximum absolute atomic E-state index is 12.4. The second kappa shape index (κ2) is 14.4. The van der Waals surface area contributed by atoms with E-state index < -0.39 is 5.56 Å². The summed E-state index contributed by atoms with van der Waals surface area (Å²) in [5.41, 5.74) is 0.257. The van der Waals surface area contributed by atoms with Gasteiger partial charge in [0, 0.05) is 25.8 Å². The molecule has 0 aliphatic rings. The Kier molecular flexibility index (Phi) is 12.5. The number of hydrogen-bond acceptors (Lipinski definition) is 4. The summed E-state index contributed by atoms with van der Waals surface area (Å²) in [6.45, 7) is 6.93. The first-order valence-electron chi connectivity index (χ1n) is 11.0. The average molecular weight is 394 g/mol. The van der Waals surface area contributed by atoms with Gasteiger partial charge in [-0.2, -0.15) is 0 Å². The molecule has 0 radical (unpaired) electrons. The standard InChI is InChI=1S/C23H39NO4/c1-4-5-6-7-8-9-10-11-12-13-16-28-17-14-15-24-21(26)18-19(2)22(20(3)25)23(24)27/h18,26H,4-17H2,1-3H3. The lowest BCUT2D eigenvalue weighted by atomic mass is 10.1. The predicted octanol–water partition coefficient (Wildman–Crippen LogP) is 5.39. The van der Waals surface area contributed by atoms with Crippen molar-refractivity contribution in [1.82, 2.24) is 4.57 Å². The van der Waals surface area contributed by atoms with Crippen molar-refractivity contribution in [2.24, 2.45) is 0 Å². The highest BCUT2D eigenvalue weighted by atomic mass is 16.5. The van der Waals surface area contributed by atoms with E-state index in [1.807, 2.05) is 0 Å². The van der Waals surface area contributed by atoms with Crippen molar-refractivity contribution in [3.05, 3.63) is 27.5 Å². The molecule has 1 rings (SSSR count). The number of aromatic nitrogens is 1. The molecule has 1 heterocycles. The number of ketones is 1. The Hall–Kier alpha value is -1.62. The molecule has 0 atom stereocenters. The van der Waals surface area contributed by atoms with Gasteiger partial charge in [0.25, 0.3) is 5.56 Å². The number of nitrogens with zero attached hydrogens (tertiary/aromatic N) is 1. The summed E-state index contributed by atoms with van der Waals surface area (Å²) in [5, 5.41) is 9.99. The second-order valence-electron chi connectivity index (χ2n) is 7.72. The Morgan fingerprint density at radius 3 is 2.07 bits per heavy atom. The average Bonchev–Trinajstić information content (AvgIpc) is 2.63. The van der Waals surface area contributed by atoms with Crippen molar-refractivity contribution in [3.8, 4) is 5.88 Å². The van der Waals surface area contributed by atoms with Gasteiger partial charge in [0.05, 0.1) is 5.56 Å². The molecule has 1 aromatic rings. The molecular weight excluding hydrogens is 354 g/mol. The molecule has 0 fully saturated rings. The number of hydrogen-bond donors (Lipinski definition) is 1. The molecule has 160 valence electrons. The monoisotopic (exact) mass is 393 g/mol. The summed E-state index contributed by atoms with van der Waals surface area (Å²) in [6.07, 6.45) is 13.7. The highest BCUT2D eigenvalue weighted by Crippen LogP contribution is 2.14. The molecule has 1 aromatic heterocycles. The van der Waals surface area contributed by atoms with Crippen LogP contribution < -0.4 is 5.56 Å². The first-order valence-corrected chi connectivity index (χ1v) is 11.0. The number of Topliss-reactive ketones (excluding diaryl/α,β-unsaturated/α-hetero) is 1. The number of aromatic hydroxyl groups is 1. The lowest BCUT2D eigenvalue weighted by molar-refractivity contribution is 0.101. The number of aryl methyl sites for hydroxylation is 1. The lowest BCUT2D eigenvalue weighted by Crippen LogP contribution is -2.27. The smallest absolute Gasteiger partial charge is 0.264 e. The van der Waals surface area contributed by atoms with Crippen LogP contribution >= 0.6 is 0 Å². The van der Waals surface area contributed by atoms with Crippen LogP contribution in [0.3, 0.4) is 0 Å². The number of carbonyl (C=O) groups excluding carboxylic acids is 1. The minimum atomic E-state index is -0.417. The van der Waals surface area contributed by atoms with Gasteiger partial charge in [0.1, 0.15) is 0 Å². The molecule has 5 nitrogen and oxygen atoms in total. The SMILES string of the molecule is CCCCCCCCCCCCOCCCn1c(O)cc(C)c(C(C)=O)c1=O. The third kappa shape index (κ3) is 9.05. The van der Waals surface area contributed by atoms with E-state index >= 15 is 0 Å². The Balaban J connectivity index is 2.12. The molecule has 0 amide bonds.